The van der Waals surface area contributed by atoms with E-state index in [9.17, 15) is 34.2 Å². The van der Waals surface area contributed by atoms with Gasteiger partial charge in [-0.05, 0) is 32.1 Å². The van der Waals surface area contributed by atoms with Crippen LogP contribution < -0.4 is 38.9 Å². The molecule has 0 aliphatic heterocycles. The summed E-state index contributed by atoms with van der Waals surface area (Å²) in [5.41, 5.74) is 21.5. The van der Waals surface area contributed by atoms with E-state index in [1.54, 1.807) is 6.92 Å². The fourth-order valence-electron chi connectivity index (χ4n) is 3.02. The summed E-state index contributed by atoms with van der Waals surface area (Å²) < 4.78 is 0. The molecule has 206 valence electrons. The summed E-state index contributed by atoms with van der Waals surface area (Å²) in [6.07, 6.45) is -1.09. The molecule has 0 radical (unpaired) electrons. The first kappa shape index (κ1) is 32.5. The lowest BCUT2D eigenvalue weighted by Crippen LogP contribution is -2.60. The van der Waals surface area contributed by atoms with Gasteiger partial charge in [0.2, 0.25) is 23.6 Å². The van der Waals surface area contributed by atoms with E-state index in [1.165, 1.54) is 6.92 Å². The number of hydrogen-bond acceptors (Lipinski definition) is 8. The van der Waals surface area contributed by atoms with Gasteiger partial charge >= 0.3 is 5.97 Å². The molecule has 0 aliphatic carbocycles. The van der Waals surface area contributed by atoms with Gasteiger partial charge in [0.15, 0.2) is 5.96 Å². The Balaban J connectivity index is 5.51. The van der Waals surface area contributed by atoms with Crippen molar-refractivity contribution in [1.29, 1.82) is 0 Å². The number of aliphatic hydroxyl groups is 1. The zero-order valence-electron chi connectivity index (χ0n) is 20.9. The molecule has 13 N–H and O–H groups in total. The highest BCUT2D eigenvalue weighted by Gasteiger charge is 2.33. The Labute approximate surface area is 209 Å². The number of carboxylic acids is 1. The van der Waals surface area contributed by atoms with Gasteiger partial charge in [0, 0.05) is 13.0 Å². The number of nitrogens with one attached hydrogen (secondary N) is 3. The maximum atomic E-state index is 12.9. The second-order valence-corrected chi connectivity index (χ2v) is 8.55. The molecule has 15 nitrogen and oxygen atoms in total. The van der Waals surface area contributed by atoms with E-state index in [2.05, 4.69) is 20.9 Å². The first-order valence-electron chi connectivity index (χ1n) is 11.6. The number of primary amides is 1. The Kier molecular flexibility index (Phi) is 14.7. The van der Waals surface area contributed by atoms with E-state index in [1.807, 2.05) is 6.92 Å². The van der Waals surface area contributed by atoms with Crippen LogP contribution >= 0.6 is 0 Å². The molecule has 0 fully saturated rings. The molecule has 0 bridgehead atoms. The number of carbonyl (C=O) groups excluding carboxylic acids is 4. The fraction of sp³-hybridized carbons (Fsp3) is 0.714. The number of rotatable bonds is 17. The van der Waals surface area contributed by atoms with E-state index in [0.717, 1.165) is 0 Å². The number of aliphatic hydroxyl groups excluding tert-OH is 1. The van der Waals surface area contributed by atoms with E-state index in [-0.39, 0.29) is 44.1 Å². The van der Waals surface area contributed by atoms with Crippen molar-refractivity contribution in [3.63, 3.8) is 0 Å². The van der Waals surface area contributed by atoms with Crippen molar-refractivity contribution in [3.8, 4) is 0 Å². The van der Waals surface area contributed by atoms with Crippen LogP contribution in [0.5, 0.6) is 0 Å². The van der Waals surface area contributed by atoms with Crippen LogP contribution in [0.2, 0.25) is 0 Å². The average Bonchev–Trinajstić information content (AvgIpc) is 2.79. The lowest BCUT2D eigenvalue weighted by molar-refractivity contribution is -0.142. The molecule has 0 rings (SSSR count). The Bertz CT molecular complexity index is 801. The summed E-state index contributed by atoms with van der Waals surface area (Å²) in [7, 11) is 0. The third-order valence-electron chi connectivity index (χ3n) is 5.49. The van der Waals surface area contributed by atoms with Gasteiger partial charge in [-0.2, -0.15) is 0 Å². The van der Waals surface area contributed by atoms with E-state index in [0.29, 0.717) is 6.42 Å². The molecule has 0 aromatic rings. The summed E-state index contributed by atoms with van der Waals surface area (Å²) >= 11 is 0. The van der Waals surface area contributed by atoms with Gasteiger partial charge in [0.05, 0.1) is 12.1 Å². The monoisotopic (exact) mass is 516 g/mol. The standard InChI is InChI=1S/C21H40N8O7/c1-4-10(2)15(23)18(33)29-16(11(3)30)19(34)27-12(7-8-14(22)31)17(32)28-13(20(35)36)6-5-9-26-21(24)25/h10-13,15-16,30H,4-9,23H2,1-3H3,(H2,22,31)(H,27,34)(H,28,32)(H,29,33)(H,35,36)(H4,24,25,26). The average molecular weight is 517 g/mol. The molecule has 0 saturated heterocycles. The van der Waals surface area contributed by atoms with Gasteiger partial charge in [-0.3, -0.25) is 24.2 Å². The molecule has 36 heavy (non-hydrogen) atoms. The topological polar surface area (TPSA) is 278 Å². The highest BCUT2D eigenvalue weighted by Crippen LogP contribution is 2.08. The highest BCUT2D eigenvalue weighted by molar-refractivity contribution is 5.94. The summed E-state index contributed by atoms with van der Waals surface area (Å²) in [6.45, 7) is 4.99. The van der Waals surface area contributed by atoms with Crippen molar-refractivity contribution in [2.24, 2.45) is 33.8 Å². The lowest BCUT2D eigenvalue weighted by Gasteiger charge is -2.27. The largest absolute Gasteiger partial charge is 0.480 e. The third kappa shape index (κ3) is 12.3. The number of aliphatic carboxylic acids is 1. The molecule has 0 heterocycles. The van der Waals surface area contributed by atoms with Crippen LogP contribution in [0.15, 0.2) is 4.99 Å². The van der Waals surface area contributed by atoms with Crippen LogP contribution in [-0.4, -0.2) is 82.6 Å². The van der Waals surface area contributed by atoms with Gasteiger partial charge < -0.3 is 49.1 Å². The van der Waals surface area contributed by atoms with Gasteiger partial charge in [0.1, 0.15) is 18.1 Å². The van der Waals surface area contributed by atoms with E-state index in [4.69, 9.17) is 22.9 Å². The molecule has 0 aliphatic rings. The Morgan fingerprint density at radius 2 is 1.47 bits per heavy atom. The first-order chi connectivity index (χ1) is 16.7. The molecule has 6 atom stereocenters. The number of aliphatic imine (C=N–C) groups is 1. The molecule has 0 saturated carbocycles. The molecule has 0 aromatic heterocycles. The number of guanidine groups is 1. The molecule has 0 aromatic carbocycles. The van der Waals surface area contributed by atoms with Crippen molar-refractivity contribution in [2.75, 3.05) is 6.54 Å². The van der Waals surface area contributed by atoms with Gasteiger partial charge in [-0.15, -0.1) is 0 Å². The predicted octanol–water partition coefficient (Wildman–Crippen LogP) is -3.40. The van der Waals surface area contributed by atoms with Crippen molar-refractivity contribution in [3.05, 3.63) is 0 Å². The van der Waals surface area contributed by atoms with E-state index < -0.39 is 59.9 Å². The van der Waals surface area contributed by atoms with Crippen LogP contribution in [0, 0.1) is 5.92 Å². The van der Waals surface area contributed by atoms with Crippen LogP contribution in [0.1, 0.15) is 52.9 Å². The minimum Gasteiger partial charge on any atom is -0.480 e. The van der Waals surface area contributed by atoms with Crippen molar-refractivity contribution in [2.45, 2.75) is 83.1 Å². The summed E-state index contributed by atoms with van der Waals surface area (Å²) in [5, 5.41) is 26.5. The fourth-order valence-corrected chi connectivity index (χ4v) is 3.02. The summed E-state index contributed by atoms with van der Waals surface area (Å²) in [5.74, 6) is -4.95. The summed E-state index contributed by atoms with van der Waals surface area (Å²) in [6, 6.07) is -5.12. The maximum absolute atomic E-state index is 12.9. The van der Waals surface area contributed by atoms with Crippen LogP contribution in [0.25, 0.3) is 0 Å². The van der Waals surface area contributed by atoms with Crippen molar-refractivity contribution < 1.29 is 34.2 Å². The first-order valence-corrected chi connectivity index (χ1v) is 11.6. The number of nitrogens with two attached hydrogens (primary N) is 4. The zero-order valence-corrected chi connectivity index (χ0v) is 20.9. The molecule has 6 unspecified atom stereocenters. The smallest absolute Gasteiger partial charge is 0.326 e. The highest BCUT2D eigenvalue weighted by atomic mass is 16.4. The zero-order chi connectivity index (χ0) is 28.0. The summed E-state index contributed by atoms with van der Waals surface area (Å²) in [4.78, 5) is 64.7. The Hall–Kier alpha value is -3.46. The normalized spacial score (nSPS) is 15.8. The molecule has 15 heteroatoms. The Morgan fingerprint density at radius 3 is 1.94 bits per heavy atom. The number of nitrogens with zero attached hydrogens (tertiary/aromatic N) is 1. The van der Waals surface area contributed by atoms with Crippen molar-refractivity contribution >= 4 is 35.6 Å². The molecule has 4 amide bonds. The minimum atomic E-state index is -1.47. The van der Waals surface area contributed by atoms with Crippen LogP contribution in [0.3, 0.4) is 0 Å². The second kappa shape index (κ2) is 16.3. The Morgan fingerprint density at radius 1 is 0.889 bits per heavy atom. The number of carbonyl (C=O) groups is 5. The SMILES string of the molecule is CCC(C)C(N)C(=O)NC(C(=O)NC(CCC(N)=O)C(=O)NC(CCCN=C(N)N)C(=O)O)C(C)O. The van der Waals surface area contributed by atoms with Gasteiger partial charge in [-0.1, -0.05) is 20.3 Å². The number of hydrogen-bond donors (Lipinski definition) is 9. The van der Waals surface area contributed by atoms with Crippen LogP contribution in [0.4, 0.5) is 0 Å². The van der Waals surface area contributed by atoms with Gasteiger partial charge in [0.25, 0.3) is 0 Å². The van der Waals surface area contributed by atoms with Gasteiger partial charge in [-0.25, -0.2) is 4.79 Å². The predicted molar refractivity (Wildman–Crippen MR) is 131 cm³/mol. The lowest BCUT2D eigenvalue weighted by atomic mass is 9.98. The maximum Gasteiger partial charge on any atom is 0.326 e. The third-order valence-corrected chi connectivity index (χ3v) is 5.49. The number of amides is 4. The number of carboxylic acid groups (broad SMARTS) is 1. The second-order valence-electron chi connectivity index (χ2n) is 8.55. The molecule has 0 spiro atoms. The molecular weight excluding hydrogens is 476 g/mol. The quantitative estimate of drug-likeness (QED) is 0.0524. The molecular formula is C21H40N8O7. The van der Waals surface area contributed by atoms with E-state index >= 15 is 0 Å². The minimum absolute atomic E-state index is 0.0196. The van der Waals surface area contributed by atoms with Crippen LogP contribution in [-0.2, 0) is 24.0 Å². The van der Waals surface area contributed by atoms with Crippen molar-refractivity contribution in [1.82, 2.24) is 16.0 Å².